The standard InChI is InChI=1S/C13H18N2O.ClH/c1-13(2)14-15-8-11-6-4-3-5-10(11)7-12(15)9-16-13;/h3-6,12,14H,7-9H2,1-2H3;1H. The minimum Gasteiger partial charge on any atom is -0.358 e. The summed E-state index contributed by atoms with van der Waals surface area (Å²) in [5, 5.41) is 2.33. The van der Waals surface area contributed by atoms with Crippen LogP contribution in [0.1, 0.15) is 25.0 Å². The first-order chi connectivity index (χ1) is 7.64. The number of hydrazine groups is 1. The predicted molar refractivity (Wildman–Crippen MR) is 69.9 cm³/mol. The fourth-order valence-electron chi connectivity index (χ4n) is 2.55. The molecule has 1 atom stereocenters. The quantitative estimate of drug-likeness (QED) is 0.768. The van der Waals surface area contributed by atoms with Crippen molar-refractivity contribution in [1.82, 2.24) is 10.4 Å². The van der Waals surface area contributed by atoms with Gasteiger partial charge in [-0.2, -0.15) is 0 Å². The van der Waals surface area contributed by atoms with Crippen LogP contribution in [0.25, 0.3) is 0 Å². The van der Waals surface area contributed by atoms with Gasteiger partial charge in [-0.25, -0.2) is 10.4 Å². The summed E-state index contributed by atoms with van der Waals surface area (Å²) in [6.45, 7) is 5.94. The maximum Gasteiger partial charge on any atom is 0.126 e. The highest BCUT2D eigenvalue weighted by Gasteiger charge is 2.35. The molecule has 0 saturated carbocycles. The van der Waals surface area contributed by atoms with E-state index in [4.69, 9.17) is 4.74 Å². The third kappa shape index (κ3) is 2.47. The van der Waals surface area contributed by atoms with Crippen molar-refractivity contribution < 1.29 is 4.74 Å². The topological polar surface area (TPSA) is 24.5 Å². The highest BCUT2D eigenvalue weighted by Crippen LogP contribution is 2.26. The second-order valence-electron chi connectivity index (χ2n) is 5.19. The van der Waals surface area contributed by atoms with Gasteiger partial charge in [0.05, 0.1) is 12.6 Å². The number of rotatable bonds is 0. The van der Waals surface area contributed by atoms with Crippen LogP contribution >= 0.6 is 12.4 Å². The van der Waals surface area contributed by atoms with Crippen LogP contribution in [0, 0.1) is 0 Å². The molecule has 3 nitrogen and oxygen atoms in total. The zero-order chi connectivity index (χ0) is 11.2. The molecule has 17 heavy (non-hydrogen) atoms. The molecule has 1 aromatic rings. The zero-order valence-corrected chi connectivity index (χ0v) is 11.1. The first-order valence-electron chi connectivity index (χ1n) is 5.89. The SMILES string of the molecule is CC1(C)NN2Cc3ccccc3CC2CO1.Cl. The molecule has 1 fully saturated rings. The fraction of sp³-hybridized carbons (Fsp3) is 0.538. The van der Waals surface area contributed by atoms with Crippen molar-refractivity contribution in [3.05, 3.63) is 35.4 Å². The largest absolute Gasteiger partial charge is 0.358 e. The van der Waals surface area contributed by atoms with E-state index in [9.17, 15) is 0 Å². The van der Waals surface area contributed by atoms with Crippen molar-refractivity contribution >= 4 is 12.4 Å². The molecule has 0 aromatic heterocycles. The second kappa shape index (κ2) is 4.58. The Balaban J connectivity index is 0.00000108. The average Bonchev–Trinajstić information content (AvgIpc) is 2.25. The van der Waals surface area contributed by atoms with E-state index in [1.165, 1.54) is 11.1 Å². The van der Waals surface area contributed by atoms with Gasteiger partial charge in [-0.1, -0.05) is 24.3 Å². The molecule has 1 unspecified atom stereocenters. The Bertz CT molecular complexity index is 408. The number of fused-ring (bicyclic) bond motifs is 2. The van der Waals surface area contributed by atoms with Gasteiger partial charge in [0.25, 0.3) is 0 Å². The van der Waals surface area contributed by atoms with Gasteiger partial charge in [0.2, 0.25) is 0 Å². The van der Waals surface area contributed by atoms with E-state index in [1.807, 2.05) is 0 Å². The van der Waals surface area contributed by atoms with Crippen molar-refractivity contribution in [3.63, 3.8) is 0 Å². The molecule has 0 amide bonds. The van der Waals surface area contributed by atoms with Crippen LogP contribution in [-0.2, 0) is 17.7 Å². The van der Waals surface area contributed by atoms with Crippen molar-refractivity contribution in [2.45, 2.75) is 38.6 Å². The Morgan fingerprint density at radius 3 is 2.76 bits per heavy atom. The van der Waals surface area contributed by atoms with E-state index in [-0.39, 0.29) is 18.1 Å². The summed E-state index contributed by atoms with van der Waals surface area (Å²) < 4.78 is 5.80. The number of benzene rings is 1. The van der Waals surface area contributed by atoms with E-state index >= 15 is 0 Å². The predicted octanol–water partition coefficient (Wildman–Crippen LogP) is 2.11. The van der Waals surface area contributed by atoms with Crippen LogP contribution in [0.5, 0.6) is 0 Å². The van der Waals surface area contributed by atoms with Crippen LogP contribution in [-0.4, -0.2) is 23.4 Å². The van der Waals surface area contributed by atoms with Crippen molar-refractivity contribution in [2.75, 3.05) is 6.61 Å². The minimum absolute atomic E-state index is 0. The third-order valence-corrected chi connectivity index (χ3v) is 3.40. The molecular weight excluding hydrogens is 236 g/mol. The van der Waals surface area contributed by atoms with Crippen LogP contribution < -0.4 is 5.43 Å². The number of hydrogen-bond acceptors (Lipinski definition) is 3. The molecule has 0 radical (unpaired) electrons. The number of nitrogens with zero attached hydrogens (tertiary/aromatic N) is 1. The van der Waals surface area contributed by atoms with Gasteiger partial charge >= 0.3 is 0 Å². The van der Waals surface area contributed by atoms with Gasteiger partial charge in [-0.15, -0.1) is 12.4 Å². The fourth-order valence-corrected chi connectivity index (χ4v) is 2.55. The van der Waals surface area contributed by atoms with E-state index in [1.54, 1.807) is 0 Å². The molecule has 2 aliphatic heterocycles. The van der Waals surface area contributed by atoms with Crippen LogP contribution in [0.2, 0.25) is 0 Å². The molecule has 0 spiro atoms. The lowest BCUT2D eigenvalue weighted by atomic mass is 9.95. The number of halogens is 1. The summed E-state index contributed by atoms with van der Waals surface area (Å²) >= 11 is 0. The molecule has 94 valence electrons. The first-order valence-corrected chi connectivity index (χ1v) is 5.89. The molecule has 1 saturated heterocycles. The van der Waals surface area contributed by atoms with E-state index in [0.717, 1.165) is 19.6 Å². The summed E-state index contributed by atoms with van der Waals surface area (Å²) in [6.07, 6.45) is 1.08. The van der Waals surface area contributed by atoms with Crippen LogP contribution in [0.4, 0.5) is 0 Å². The maximum atomic E-state index is 5.80. The normalized spacial score (nSPS) is 26.6. The Kier molecular flexibility index (Phi) is 3.46. The van der Waals surface area contributed by atoms with E-state index in [2.05, 4.69) is 48.5 Å². The Morgan fingerprint density at radius 2 is 2.00 bits per heavy atom. The highest BCUT2D eigenvalue weighted by molar-refractivity contribution is 5.85. The number of nitrogens with one attached hydrogen (secondary N) is 1. The van der Waals surface area contributed by atoms with Gasteiger partial charge in [-0.3, -0.25) is 0 Å². The Labute approximate surface area is 109 Å². The summed E-state index contributed by atoms with van der Waals surface area (Å²) in [7, 11) is 0. The third-order valence-electron chi connectivity index (χ3n) is 3.40. The summed E-state index contributed by atoms with van der Waals surface area (Å²) in [5.41, 5.74) is 6.11. The Morgan fingerprint density at radius 1 is 1.29 bits per heavy atom. The molecule has 3 rings (SSSR count). The van der Waals surface area contributed by atoms with Gasteiger partial charge in [0, 0.05) is 6.54 Å². The van der Waals surface area contributed by atoms with Gasteiger partial charge in [0.1, 0.15) is 5.72 Å². The molecule has 1 aromatic carbocycles. The first kappa shape index (κ1) is 12.8. The van der Waals surface area contributed by atoms with E-state index in [0.29, 0.717) is 6.04 Å². The molecule has 0 aliphatic carbocycles. The average molecular weight is 255 g/mol. The Hall–Kier alpha value is -0.610. The van der Waals surface area contributed by atoms with Crippen molar-refractivity contribution in [2.24, 2.45) is 0 Å². The molecule has 0 bridgehead atoms. The monoisotopic (exact) mass is 254 g/mol. The van der Waals surface area contributed by atoms with Crippen LogP contribution in [0.15, 0.2) is 24.3 Å². The molecule has 1 N–H and O–H groups in total. The molecule has 2 aliphatic rings. The van der Waals surface area contributed by atoms with Crippen LogP contribution in [0.3, 0.4) is 0 Å². The lowest BCUT2D eigenvalue weighted by molar-refractivity contribution is -0.173. The molecular formula is C13H19ClN2O. The van der Waals surface area contributed by atoms with Crippen molar-refractivity contribution in [1.29, 1.82) is 0 Å². The summed E-state index contributed by atoms with van der Waals surface area (Å²) in [5.74, 6) is 0. The smallest absolute Gasteiger partial charge is 0.126 e. The molecule has 4 heteroatoms. The van der Waals surface area contributed by atoms with Crippen molar-refractivity contribution in [3.8, 4) is 0 Å². The highest BCUT2D eigenvalue weighted by atomic mass is 35.5. The lowest BCUT2D eigenvalue weighted by Gasteiger charge is -2.47. The van der Waals surface area contributed by atoms with Gasteiger partial charge in [0.15, 0.2) is 0 Å². The van der Waals surface area contributed by atoms with Gasteiger partial charge < -0.3 is 4.74 Å². The maximum absolute atomic E-state index is 5.80. The molecule has 2 heterocycles. The minimum atomic E-state index is -0.233. The second-order valence-corrected chi connectivity index (χ2v) is 5.19. The van der Waals surface area contributed by atoms with Gasteiger partial charge in [-0.05, 0) is 31.4 Å². The van der Waals surface area contributed by atoms with E-state index < -0.39 is 0 Å². The lowest BCUT2D eigenvalue weighted by Crippen LogP contribution is -2.63. The summed E-state index contributed by atoms with van der Waals surface area (Å²) in [4.78, 5) is 0. The summed E-state index contributed by atoms with van der Waals surface area (Å²) in [6, 6.07) is 9.16. The number of ether oxygens (including phenoxy) is 1. The zero-order valence-electron chi connectivity index (χ0n) is 10.3. The number of hydrogen-bond donors (Lipinski definition) is 1.